The molecule has 0 saturated heterocycles. The van der Waals surface area contributed by atoms with Crippen molar-refractivity contribution in [3.05, 3.63) is 95.0 Å². The van der Waals surface area contributed by atoms with Gasteiger partial charge in [0.2, 0.25) is 0 Å². The van der Waals surface area contributed by atoms with Crippen molar-refractivity contribution in [3.8, 4) is 5.69 Å². The molecular formula is C20H16BrN5O. The van der Waals surface area contributed by atoms with Gasteiger partial charge in [-0.2, -0.15) is 10.2 Å². The highest BCUT2D eigenvalue weighted by Gasteiger charge is 2.11. The molecule has 0 bridgehead atoms. The highest BCUT2D eigenvalue weighted by atomic mass is 79.9. The number of carbonyl (C=O) groups excluding carboxylic acids is 1. The number of amides is 1. The lowest BCUT2D eigenvalue weighted by Gasteiger charge is -2.02. The maximum absolute atomic E-state index is 12.5. The summed E-state index contributed by atoms with van der Waals surface area (Å²) in [5.41, 5.74) is 3.16. The van der Waals surface area contributed by atoms with Gasteiger partial charge in [0.1, 0.15) is 0 Å². The van der Waals surface area contributed by atoms with Crippen LogP contribution in [0.2, 0.25) is 0 Å². The van der Waals surface area contributed by atoms with E-state index in [4.69, 9.17) is 0 Å². The molecule has 7 heteroatoms. The summed E-state index contributed by atoms with van der Waals surface area (Å²) in [5.74, 6) is -0.224. The topological polar surface area (TPSA) is 64.7 Å². The van der Waals surface area contributed by atoms with Gasteiger partial charge in [0, 0.05) is 16.9 Å². The zero-order chi connectivity index (χ0) is 18.6. The van der Waals surface area contributed by atoms with E-state index in [0.717, 1.165) is 15.7 Å². The molecule has 0 fully saturated rings. The first-order valence-corrected chi connectivity index (χ1v) is 9.15. The molecule has 2 aromatic carbocycles. The van der Waals surface area contributed by atoms with Gasteiger partial charge in [0.25, 0.3) is 5.91 Å². The number of benzene rings is 2. The number of aromatic nitrogens is 4. The van der Waals surface area contributed by atoms with Crippen LogP contribution < -0.4 is 5.32 Å². The van der Waals surface area contributed by atoms with Gasteiger partial charge < -0.3 is 5.32 Å². The number of anilines is 1. The van der Waals surface area contributed by atoms with Crippen LogP contribution in [0.3, 0.4) is 0 Å². The summed E-state index contributed by atoms with van der Waals surface area (Å²) < 4.78 is 4.44. The van der Waals surface area contributed by atoms with E-state index in [9.17, 15) is 4.79 Å². The molecule has 0 aliphatic heterocycles. The molecule has 27 heavy (non-hydrogen) atoms. The molecule has 0 atom stereocenters. The Morgan fingerprint density at radius 3 is 2.52 bits per heavy atom. The van der Waals surface area contributed by atoms with E-state index in [0.29, 0.717) is 17.8 Å². The Bertz CT molecular complexity index is 1050. The largest absolute Gasteiger partial charge is 0.319 e. The van der Waals surface area contributed by atoms with Gasteiger partial charge in [0.05, 0.1) is 35.9 Å². The second-order valence-corrected chi connectivity index (χ2v) is 6.93. The van der Waals surface area contributed by atoms with Gasteiger partial charge in [0.15, 0.2) is 0 Å². The quantitative estimate of drug-likeness (QED) is 0.526. The fraction of sp³-hybridized carbons (Fsp3) is 0.0500. The molecular weight excluding hydrogens is 406 g/mol. The summed E-state index contributed by atoms with van der Waals surface area (Å²) >= 11 is 3.40. The van der Waals surface area contributed by atoms with Crippen LogP contribution in [0.5, 0.6) is 0 Å². The summed E-state index contributed by atoms with van der Waals surface area (Å²) in [5, 5.41) is 11.4. The van der Waals surface area contributed by atoms with Crippen LogP contribution in [0.4, 0.5) is 5.69 Å². The minimum absolute atomic E-state index is 0.224. The van der Waals surface area contributed by atoms with Crippen molar-refractivity contribution >= 4 is 27.5 Å². The predicted octanol–water partition coefficient (Wildman–Crippen LogP) is 4.13. The number of halogens is 1. The van der Waals surface area contributed by atoms with Gasteiger partial charge >= 0.3 is 0 Å². The number of rotatable bonds is 5. The highest BCUT2D eigenvalue weighted by Crippen LogP contribution is 2.15. The molecule has 0 saturated carbocycles. The fourth-order valence-electron chi connectivity index (χ4n) is 2.66. The smallest absolute Gasteiger partial charge is 0.258 e. The van der Waals surface area contributed by atoms with Gasteiger partial charge in [-0.25, -0.2) is 4.68 Å². The van der Waals surface area contributed by atoms with Gasteiger partial charge in [-0.3, -0.25) is 9.48 Å². The van der Waals surface area contributed by atoms with E-state index in [1.54, 1.807) is 28.0 Å². The van der Waals surface area contributed by atoms with E-state index >= 15 is 0 Å². The Hall–Kier alpha value is -3.19. The summed E-state index contributed by atoms with van der Waals surface area (Å²) in [6.45, 7) is 0.651. The number of hydrogen-bond donors (Lipinski definition) is 1. The average Bonchev–Trinajstić information content (AvgIpc) is 3.33. The van der Waals surface area contributed by atoms with Crippen molar-refractivity contribution in [1.29, 1.82) is 0 Å². The third kappa shape index (κ3) is 4.15. The molecule has 2 aromatic heterocycles. The Morgan fingerprint density at radius 1 is 0.963 bits per heavy atom. The lowest BCUT2D eigenvalue weighted by molar-refractivity contribution is 0.102. The standard InChI is InChI=1S/C20H16BrN5O/c21-17-6-8-19(9-7-17)26-13-16(10-23-26)20(27)24-18-11-22-25(14-18)12-15-4-2-1-3-5-15/h1-11,13-14H,12H2,(H,24,27). The summed E-state index contributed by atoms with van der Waals surface area (Å²) in [7, 11) is 0. The van der Waals surface area contributed by atoms with E-state index < -0.39 is 0 Å². The molecule has 0 radical (unpaired) electrons. The van der Waals surface area contributed by atoms with Crippen molar-refractivity contribution in [1.82, 2.24) is 19.6 Å². The minimum atomic E-state index is -0.224. The first-order valence-electron chi connectivity index (χ1n) is 8.36. The first kappa shape index (κ1) is 17.2. The van der Waals surface area contributed by atoms with Crippen LogP contribution in [0.15, 0.2) is 83.9 Å². The van der Waals surface area contributed by atoms with Gasteiger partial charge in [-0.05, 0) is 29.8 Å². The molecule has 1 amide bonds. The molecule has 0 unspecified atom stereocenters. The Kier molecular flexibility index (Phi) is 4.84. The molecule has 4 aromatic rings. The maximum Gasteiger partial charge on any atom is 0.258 e. The molecule has 2 heterocycles. The number of carbonyl (C=O) groups is 1. The van der Waals surface area contributed by atoms with Crippen molar-refractivity contribution in [3.63, 3.8) is 0 Å². The monoisotopic (exact) mass is 421 g/mol. The molecule has 0 aliphatic rings. The number of nitrogens with zero attached hydrogens (tertiary/aromatic N) is 4. The van der Waals surface area contributed by atoms with E-state index in [2.05, 4.69) is 31.4 Å². The zero-order valence-corrected chi connectivity index (χ0v) is 15.9. The lowest BCUT2D eigenvalue weighted by atomic mass is 10.2. The third-order valence-electron chi connectivity index (χ3n) is 4.01. The Labute approximate surface area is 164 Å². The van der Waals surface area contributed by atoms with Crippen molar-refractivity contribution in [2.45, 2.75) is 6.54 Å². The second kappa shape index (κ2) is 7.59. The molecule has 0 aliphatic carbocycles. The zero-order valence-electron chi connectivity index (χ0n) is 14.3. The van der Waals surface area contributed by atoms with E-state index in [1.807, 2.05) is 60.8 Å². The SMILES string of the molecule is O=C(Nc1cnn(Cc2ccccc2)c1)c1cnn(-c2ccc(Br)cc2)c1. The van der Waals surface area contributed by atoms with Crippen LogP contribution in [0.25, 0.3) is 5.69 Å². The van der Waals surface area contributed by atoms with Crippen LogP contribution in [0.1, 0.15) is 15.9 Å². The number of hydrogen-bond acceptors (Lipinski definition) is 3. The molecule has 1 N–H and O–H groups in total. The van der Waals surface area contributed by atoms with E-state index in [1.165, 1.54) is 0 Å². The van der Waals surface area contributed by atoms with Crippen LogP contribution in [-0.4, -0.2) is 25.5 Å². The van der Waals surface area contributed by atoms with Crippen molar-refractivity contribution < 1.29 is 4.79 Å². The van der Waals surface area contributed by atoms with Crippen LogP contribution >= 0.6 is 15.9 Å². The molecule has 6 nitrogen and oxygen atoms in total. The Morgan fingerprint density at radius 2 is 1.74 bits per heavy atom. The average molecular weight is 422 g/mol. The summed E-state index contributed by atoms with van der Waals surface area (Å²) in [6, 6.07) is 17.7. The van der Waals surface area contributed by atoms with Crippen molar-refractivity contribution in [2.75, 3.05) is 5.32 Å². The normalized spacial score (nSPS) is 10.7. The van der Waals surface area contributed by atoms with Crippen LogP contribution in [0, 0.1) is 0 Å². The molecule has 4 rings (SSSR count). The van der Waals surface area contributed by atoms with E-state index in [-0.39, 0.29) is 5.91 Å². The number of nitrogens with one attached hydrogen (secondary N) is 1. The minimum Gasteiger partial charge on any atom is -0.319 e. The lowest BCUT2D eigenvalue weighted by Crippen LogP contribution is -2.10. The third-order valence-corrected chi connectivity index (χ3v) is 4.54. The fourth-order valence-corrected chi connectivity index (χ4v) is 2.93. The first-order chi connectivity index (χ1) is 13.2. The highest BCUT2D eigenvalue weighted by molar-refractivity contribution is 9.10. The van der Waals surface area contributed by atoms with Gasteiger partial charge in [-0.15, -0.1) is 0 Å². The second-order valence-electron chi connectivity index (χ2n) is 6.02. The summed E-state index contributed by atoms with van der Waals surface area (Å²) in [6.07, 6.45) is 6.70. The molecule has 0 spiro atoms. The molecule has 134 valence electrons. The predicted molar refractivity (Wildman–Crippen MR) is 107 cm³/mol. The van der Waals surface area contributed by atoms with Crippen molar-refractivity contribution in [2.24, 2.45) is 0 Å². The maximum atomic E-state index is 12.5. The van der Waals surface area contributed by atoms with Crippen LogP contribution in [-0.2, 0) is 6.54 Å². The summed E-state index contributed by atoms with van der Waals surface area (Å²) in [4.78, 5) is 12.5. The van der Waals surface area contributed by atoms with Gasteiger partial charge in [-0.1, -0.05) is 46.3 Å². The Balaban J connectivity index is 1.43.